The third-order valence-electron chi connectivity index (χ3n) is 9.05. The van der Waals surface area contributed by atoms with Gasteiger partial charge in [0.25, 0.3) is 5.91 Å². The van der Waals surface area contributed by atoms with Crippen molar-refractivity contribution in [3.05, 3.63) is 101 Å². The zero-order chi connectivity index (χ0) is 25.6. The van der Waals surface area contributed by atoms with Gasteiger partial charge in [-0.15, -0.1) is 0 Å². The van der Waals surface area contributed by atoms with E-state index in [0.717, 1.165) is 44.3 Å². The van der Waals surface area contributed by atoms with Crippen molar-refractivity contribution in [1.82, 2.24) is 4.90 Å². The fraction of sp³-hybridized carbons (Fsp3) is 0.344. The van der Waals surface area contributed by atoms with E-state index in [1.54, 1.807) is 0 Å². The number of benzene rings is 3. The molecule has 0 radical (unpaired) electrons. The summed E-state index contributed by atoms with van der Waals surface area (Å²) >= 11 is 0. The number of carbonyl (C=O) groups is 1. The summed E-state index contributed by atoms with van der Waals surface area (Å²) in [5, 5.41) is 2.83. The Hall–Kier alpha value is -3.44. The molecule has 5 heteroatoms. The summed E-state index contributed by atoms with van der Waals surface area (Å²) in [6.07, 6.45) is 9.18. The van der Waals surface area contributed by atoms with Crippen LogP contribution in [0, 0.1) is 11.7 Å². The van der Waals surface area contributed by atoms with Crippen LogP contribution in [0.5, 0.6) is 0 Å². The van der Waals surface area contributed by atoms with Gasteiger partial charge in [0.1, 0.15) is 5.82 Å². The van der Waals surface area contributed by atoms with Gasteiger partial charge in [-0.3, -0.25) is 4.79 Å². The number of rotatable bonds is 4. The van der Waals surface area contributed by atoms with Crippen molar-refractivity contribution in [2.75, 3.05) is 24.1 Å². The van der Waals surface area contributed by atoms with Gasteiger partial charge < -0.3 is 16.0 Å². The SMILES string of the molecule is CC1CN(C2CCC(c3ccccc3C(=O)Nc3cc(F)ccc3N)C2)CCC12C=Cc1ccccc12. The molecule has 6 rings (SSSR count). The number of nitrogens with zero attached hydrogens (tertiary/aromatic N) is 1. The molecular formula is C32H34FN3O. The van der Waals surface area contributed by atoms with Gasteiger partial charge in [0.05, 0.1) is 11.4 Å². The Labute approximate surface area is 218 Å². The van der Waals surface area contributed by atoms with Crippen molar-refractivity contribution in [2.24, 2.45) is 5.92 Å². The summed E-state index contributed by atoms with van der Waals surface area (Å²) in [4.78, 5) is 15.9. The molecule has 3 aliphatic rings. The fourth-order valence-electron chi connectivity index (χ4n) is 7.01. The Morgan fingerprint density at radius 2 is 1.89 bits per heavy atom. The smallest absolute Gasteiger partial charge is 0.256 e. The second-order valence-corrected chi connectivity index (χ2v) is 11.0. The molecule has 4 unspecified atom stereocenters. The molecule has 3 aromatic carbocycles. The monoisotopic (exact) mass is 495 g/mol. The number of anilines is 2. The van der Waals surface area contributed by atoms with E-state index in [1.165, 1.54) is 29.3 Å². The van der Waals surface area contributed by atoms with Gasteiger partial charge in [0.2, 0.25) is 0 Å². The van der Waals surface area contributed by atoms with Gasteiger partial charge in [-0.05, 0) is 85.0 Å². The lowest BCUT2D eigenvalue weighted by molar-refractivity contribution is 0.0897. The average molecular weight is 496 g/mol. The first-order chi connectivity index (χ1) is 17.9. The number of halogens is 1. The Bertz CT molecular complexity index is 1370. The van der Waals surface area contributed by atoms with E-state index in [0.29, 0.717) is 34.8 Å². The Kier molecular flexibility index (Phi) is 6.12. The first-order valence-corrected chi connectivity index (χ1v) is 13.4. The molecule has 37 heavy (non-hydrogen) atoms. The summed E-state index contributed by atoms with van der Waals surface area (Å²) in [6.45, 7) is 4.60. The molecule has 4 nitrogen and oxygen atoms in total. The predicted molar refractivity (Wildman–Crippen MR) is 148 cm³/mol. The lowest BCUT2D eigenvalue weighted by Crippen LogP contribution is -2.50. The number of likely N-dealkylation sites (tertiary alicyclic amines) is 1. The number of allylic oxidation sites excluding steroid dienone is 1. The largest absolute Gasteiger partial charge is 0.397 e. The highest BCUT2D eigenvalue weighted by molar-refractivity contribution is 6.06. The molecule has 1 saturated heterocycles. The van der Waals surface area contributed by atoms with Crippen molar-refractivity contribution < 1.29 is 9.18 Å². The Balaban J connectivity index is 1.15. The van der Waals surface area contributed by atoms with E-state index in [-0.39, 0.29) is 11.3 Å². The molecule has 1 saturated carbocycles. The maximum absolute atomic E-state index is 13.7. The van der Waals surface area contributed by atoms with Crippen molar-refractivity contribution in [3.63, 3.8) is 0 Å². The number of fused-ring (bicyclic) bond motifs is 2. The van der Waals surface area contributed by atoms with Crippen molar-refractivity contribution >= 4 is 23.4 Å². The number of amides is 1. The molecule has 1 heterocycles. The van der Waals surface area contributed by atoms with E-state index in [4.69, 9.17) is 5.73 Å². The zero-order valence-electron chi connectivity index (χ0n) is 21.3. The van der Waals surface area contributed by atoms with Crippen LogP contribution in [0.4, 0.5) is 15.8 Å². The quantitative estimate of drug-likeness (QED) is 0.401. The molecule has 2 fully saturated rings. The lowest BCUT2D eigenvalue weighted by atomic mass is 9.68. The molecule has 4 atom stereocenters. The summed E-state index contributed by atoms with van der Waals surface area (Å²) in [6, 6.07) is 21.2. The minimum Gasteiger partial charge on any atom is -0.397 e. The molecule has 2 aliphatic carbocycles. The summed E-state index contributed by atoms with van der Waals surface area (Å²) < 4.78 is 13.7. The number of nitrogens with one attached hydrogen (secondary N) is 1. The number of piperidine rings is 1. The van der Waals surface area contributed by atoms with Crippen LogP contribution in [0.3, 0.4) is 0 Å². The van der Waals surface area contributed by atoms with Gasteiger partial charge in [0, 0.05) is 23.6 Å². The molecule has 1 amide bonds. The molecule has 3 aromatic rings. The topological polar surface area (TPSA) is 58.4 Å². The van der Waals surface area contributed by atoms with Crippen molar-refractivity contribution in [3.8, 4) is 0 Å². The van der Waals surface area contributed by atoms with E-state index in [9.17, 15) is 9.18 Å². The second-order valence-electron chi connectivity index (χ2n) is 11.0. The lowest BCUT2D eigenvalue weighted by Gasteiger charge is -2.46. The Morgan fingerprint density at radius 1 is 1.08 bits per heavy atom. The number of nitrogen functional groups attached to an aromatic ring is 1. The van der Waals surface area contributed by atoms with Crippen molar-refractivity contribution in [1.29, 1.82) is 0 Å². The molecule has 1 spiro atoms. The van der Waals surface area contributed by atoms with Gasteiger partial charge in [-0.25, -0.2) is 4.39 Å². The summed E-state index contributed by atoms with van der Waals surface area (Å²) in [7, 11) is 0. The first kappa shape index (κ1) is 23.9. The number of hydrogen-bond donors (Lipinski definition) is 2. The molecule has 3 N–H and O–H groups in total. The normalized spacial score (nSPS) is 26.9. The van der Waals surface area contributed by atoms with Crippen LogP contribution in [0.25, 0.3) is 6.08 Å². The van der Waals surface area contributed by atoms with Crippen LogP contribution in [0.1, 0.15) is 65.6 Å². The number of nitrogens with two attached hydrogens (primary N) is 1. The van der Waals surface area contributed by atoms with Gasteiger partial charge >= 0.3 is 0 Å². The van der Waals surface area contributed by atoms with Crippen LogP contribution in [0.15, 0.2) is 72.8 Å². The molecule has 0 bridgehead atoms. The van der Waals surface area contributed by atoms with Crippen LogP contribution in [-0.2, 0) is 5.41 Å². The van der Waals surface area contributed by atoms with Gasteiger partial charge in [-0.1, -0.05) is 61.5 Å². The summed E-state index contributed by atoms with van der Waals surface area (Å²) in [5.41, 5.74) is 11.4. The van der Waals surface area contributed by atoms with E-state index in [1.807, 2.05) is 18.2 Å². The minimum atomic E-state index is -0.425. The number of carbonyl (C=O) groups excluding carboxylic acids is 1. The fourth-order valence-corrected chi connectivity index (χ4v) is 7.01. The third-order valence-corrected chi connectivity index (χ3v) is 9.05. The van der Waals surface area contributed by atoms with Crippen LogP contribution in [0.2, 0.25) is 0 Å². The average Bonchev–Trinajstić information content (AvgIpc) is 3.55. The maximum Gasteiger partial charge on any atom is 0.256 e. The molecule has 0 aromatic heterocycles. The van der Waals surface area contributed by atoms with E-state index >= 15 is 0 Å². The summed E-state index contributed by atoms with van der Waals surface area (Å²) in [5.74, 6) is 0.215. The van der Waals surface area contributed by atoms with Crippen LogP contribution < -0.4 is 11.1 Å². The van der Waals surface area contributed by atoms with Gasteiger partial charge in [-0.2, -0.15) is 0 Å². The third kappa shape index (κ3) is 4.25. The van der Waals surface area contributed by atoms with Gasteiger partial charge in [0.15, 0.2) is 0 Å². The molecule has 190 valence electrons. The highest BCUT2D eigenvalue weighted by Gasteiger charge is 2.45. The predicted octanol–water partition coefficient (Wildman–Crippen LogP) is 6.60. The standard InChI is InChI=1S/C32H34FN3O/c1-21-20-36(17-16-32(21)15-14-22-6-2-5-9-28(22)32)25-12-10-23(18-25)26-7-3-4-8-27(26)31(37)35-30-19-24(33)11-13-29(30)34/h2-9,11,13-15,19,21,23,25H,10,12,16-18,20,34H2,1H3,(H,35,37). The first-order valence-electron chi connectivity index (χ1n) is 13.4. The minimum absolute atomic E-state index is 0.161. The molecular weight excluding hydrogens is 461 g/mol. The Morgan fingerprint density at radius 3 is 2.76 bits per heavy atom. The second kappa shape index (κ2) is 9.46. The van der Waals surface area contributed by atoms with Crippen LogP contribution >= 0.6 is 0 Å². The maximum atomic E-state index is 13.7. The van der Waals surface area contributed by atoms with E-state index in [2.05, 4.69) is 59.6 Å². The highest BCUT2D eigenvalue weighted by atomic mass is 19.1. The molecule has 1 aliphatic heterocycles. The number of hydrogen-bond acceptors (Lipinski definition) is 3. The highest BCUT2D eigenvalue weighted by Crippen LogP contribution is 2.48. The van der Waals surface area contributed by atoms with E-state index < -0.39 is 5.82 Å². The van der Waals surface area contributed by atoms with Crippen LogP contribution in [-0.4, -0.2) is 29.9 Å². The zero-order valence-corrected chi connectivity index (χ0v) is 21.3. The van der Waals surface area contributed by atoms with Crippen molar-refractivity contribution in [2.45, 2.75) is 50.0 Å².